The Bertz CT molecular complexity index is 670. The molecule has 39 heavy (non-hydrogen) atoms. The van der Waals surface area contributed by atoms with Gasteiger partial charge in [-0.15, -0.1) is 0 Å². The Morgan fingerprint density at radius 1 is 0.692 bits per heavy atom. The second-order valence-corrected chi connectivity index (χ2v) is 15.2. The van der Waals surface area contributed by atoms with E-state index in [1.807, 2.05) is 13.8 Å². The second kappa shape index (κ2) is 17.0. The van der Waals surface area contributed by atoms with Crippen LogP contribution in [0.1, 0.15) is 175 Å². The first-order valence-electron chi connectivity index (χ1n) is 18.9. The molecule has 0 aromatic carbocycles. The number of rotatable bonds is 10. The minimum absolute atomic E-state index is 0.906. The second-order valence-electron chi connectivity index (χ2n) is 15.2. The third-order valence-corrected chi connectivity index (χ3v) is 12.9. The highest BCUT2D eigenvalue weighted by molar-refractivity contribution is 4.99. The zero-order chi connectivity index (χ0) is 27.5. The maximum atomic E-state index is 2.67. The molecule has 5 aliphatic rings. The van der Waals surface area contributed by atoms with Crippen molar-refractivity contribution in [2.45, 2.75) is 175 Å². The predicted molar refractivity (Wildman–Crippen MR) is 173 cm³/mol. The van der Waals surface area contributed by atoms with Gasteiger partial charge in [-0.2, -0.15) is 0 Å². The van der Waals surface area contributed by atoms with Crippen molar-refractivity contribution in [3.63, 3.8) is 0 Å². The van der Waals surface area contributed by atoms with E-state index in [4.69, 9.17) is 0 Å². The van der Waals surface area contributed by atoms with Crippen LogP contribution in [0.5, 0.6) is 0 Å². The third kappa shape index (κ3) is 8.87. The fourth-order valence-corrected chi connectivity index (χ4v) is 10.9. The molecule has 0 aromatic rings. The molecule has 0 heterocycles. The van der Waals surface area contributed by atoms with Crippen LogP contribution in [-0.4, -0.2) is 0 Å². The Morgan fingerprint density at radius 2 is 1.46 bits per heavy atom. The molecule has 0 heteroatoms. The molecule has 0 radical (unpaired) electrons. The minimum Gasteiger partial charge on any atom is -0.0883 e. The molecule has 226 valence electrons. The highest BCUT2D eigenvalue weighted by Crippen LogP contribution is 2.55. The van der Waals surface area contributed by atoms with Crippen molar-refractivity contribution in [1.82, 2.24) is 0 Å². The van der Waals surface area contributed by atoms with Crippen LogP contribution in [0.4, 0.5) is 0 Å². The van der Waals surface area contributed by atoms with E-state index >= 15 is 0 Å². The first-order chi connectivity index (χ1) is 19.2. The van der Waals surface area contributed by atoms with Crippen LogP contribution in [0.3, 0.4) is 0 Å². The Morgan fingerprint density at radius 3 is 2.21 bits per heavy atom. The molecule has 0 bridgehead atoms. The van der Waals surface area contributed by atoms with Crippen molar-refractivity contribution in [2.24, 2.45) is 59.2 Å². The van der Waals surface area contributed by atoms with Gasteiger partial charge in [0.1, 0.15) is 0 Å². The van der Waals surface area contributed by atoms with E-state index in [0.29, 0.717) is 0 Å². The molecule has 0 N–H and O–H groups in total. The molecule has 0 aliphatic heterocycles. The van der Waals surface area contributed by atoms with Crippen molar-refractivity contribution < 1.29 is 0 Å². The molecular weight excluding hydrogens is 468 g/mol. The van der Waals surface area contributed by atoms with Gasteiger partial charge in [-0.05, 0) is 117 Å². The molecule has 4 saturated carbocycles. The van der Waals surface area contributed by atoms with Gasteiger partial charge in [0.05, 0.1) is 0 Å². The lowest BCUT2D eigenvalue weighted by Gasteiger charge is -2.51. The average Bonchev–Trinajstić information content (AvgIpc) is 3.52. The SMILES string of the molecule is CC.CCCCCC1CCCC(C2CCC(CC3C=CCCC3)C(C(C3CCCC3)C3CCCCC3C)C2)C1. The first kappa shape index (κ1) is 31.7. The monoisotopic (exact) mass is 539 g/mol. The third-order valence-electron chi connectivity index (χ3n) is 12.9. The van der Waals surface area contributed by atoms with Crippen LogP contribution < -0.4 is 0 Å². The molecule has 9 unspecified atom stereocenters. The largest absolute Gasteiger partial charge is 0.0883 e. The molecule has 0 spiro atoms. The van der Waals surface area contributed by atoms with Crippen LogP contribution in [0.2, 0.25) is 0 Å². The maximum absolute atomic E-state index is 2.67. The van der Waals surface area contributed by atoms with Crippen LogP contribution in [0.15, 0.2) is 12.2 Å². The van der Waals surface area contributed by atoms with Gasteiger partial charge in [0, 0.05) is 0 Å². The van der Waals surface area contributed by atoms with Gasteiger partial charge in [0.2, 0.25) is 0 Å². The normalized spacial score (nSPS) is 38.7. The molecule has 0 saturated heterocycles. The number of hydrogen-bond acceptors (Lipinski definition) is 0. The lowest BCUT2D eigenvalue weighted by molar-refractivity contribution is -0.00946. The van der Waals surface area contributed by atoms with Crippen molar-refractivity contribution >= 4 is 0 Å². The highest BCUT2D eigenvalue weighted by atomic mass is 14.5. The summed E-state index contributed by atoms with van der Waals surface area (Å²) in [7, 11) is 0. The van der Waals surface area contributed by atoms with E-state index in [-0.39, 0.29) is 0 Å². The highest BCUT2D eigenvalue weighted by Gasteiger charge is 2.46. The van der Waals surface area contributed by atoms with Gasteiger partial charge in [-0.25, -0.2) is 0 Å². The summed E-state index contributed by atoms with van der Waals surface area (Å²) in [4.78, 5) is 0. The fraction of sp³-hybridized carbons (Fsp3) is 0.949. The quantitative estimate of drug-likeness (QED) is 0.192. The molecule has 0 amide bonds. The summed E-state index contributed by atoms with van der Waals surface area (Å²) in [5.74, 6) is 10.4. The van der Waals surface area contributed by atoms with Crippen molar-refractivity contribution in [2.75, 3.05) is 0 Å². The topological polar surface area (TPSA) is 0 Å². The lowest BCUT2D eigenvalue weighted by Crippen LogP contribution is -2.42. The summed E-state index contributed by atoms with van der Waals surface area (Å²) in [5, 5.41) is 0. The van der Waals surface area contributed by atoms with Gasteiger partial charge >= 0.3 is 0 Å². The summed E-state index contributed by atoms with van der Waals surface area (Å²) in [6.07, 6.45) is 40.4. The Kier molecular flexibility index (Phi) is 13.8. The molecule has 0 nitrogen and oxygen atoms in total. The maximum Gasteiger partial charge on any atom is -0.0231 e. The summed E-state index contributed by atoms with van der Waals surface area (Å²) >= 11 is 0. The molecule has 0 aromatic heterocycles. The van der Waals surface area contributed by atoms with Gasteiger partial charge in [0.15, 0.2) is 0 Å². The van der Waals surface area contributed by atoms with Crippen LogP contribution in [0.25, 0.3) is 0 Å². The molecule has 5 aliphatic carbocycles. The molecule has 4 fully saturated rings. The lowest BCUT2D eigenvalue weighted by atomic mass is 9.55. The Hall–Kier alpha value is -0.260. The zero-order valence-electron chi connectivity index (χ0n) is 27.2. The van der Waals surface area contributed by atoms with Crippen molar-refractivity contribution in [1.29, 1.82) is 0 Å². The summed E-state index contributed by atoms with van der Waals surface area (Å²) in [6, 6.07) is 0. The molecule has 9 atom stereocenters. The van der Waals surface area contributed by atoms with Crippen molar-refractivity contribution in [3.05, 3.63) is 12.2 Å². The summed E-state index contributed by atoms with van der Waals surface area (Å²) in [6.45, 7) is 9.05. The summed E-state index contributed by atoms with van der Waals surface area (Å²) < 4.78 is 0. The van der Waals surface area contributed by atoms with Crippen LogP contribution >= 0.6 is 0 Å². The molecule has 5 rings (SSSR count). The number of unbranched alkanes of at least 4 members (excludes halogenated alkanes) is 2. The average molecular weight is 539 g/mol. The van der Waals surface area contributed by atoms with Gasteiger partial charge in [-0.3, -0.25) is 0 Å². The van der Waals surface area contributed by atoms with E-state index in [0.717, 1.165) is 59.2 Å². The van der Waals surface area contributed by atoms with E-state index in [1.54, 1.807) is 77.0 Å². The predicted octanol–water partition coefficient (Wildman–Crippen LogP) is 12.8. The van der Waals surface area contributed by atoms with Crippen molar-refractivity contribution in [3.8, 4) is 0 Å². The van der Waals surface area contributed by atoms with Gasteiger partial charge in [0.25, 0.3) is 0 Å². The van der Waals surface area contributed by atoms with E-state index in [9.17, 15) is 0 Å². The fourth-order valence-electron chi connectivity index (χ4n) is 10.9. The van der Waals surface area contributed by atoms with E-state index in [1.165, 1.54) is 70.6 Å². The molecular formula is C39H70. The van der Waals surface area contributed by atoms with Gasteiger partial charge < -0.3 is 0 Å². The van der Waals surface area contributed by atoms with Gasteiger partial charge in [-0.1, -0.05) is 130 Å². The van der Waals surface area contributed by atoms with E-state index in [2.05, 4.69) is 26.0 Å². The smallest absolute Gasteiger partial charge is 0.0231 e. The Labute approximate surface area is 246 Å². The van der Waals surface area contributed by atoms with Crippen LogP contribution in [0, 0.1) is 59.2 Å². The summed E-state index contributed by atoms with van der Waals surface area (Å²) in [5.41, 5.74) is 0. The number of allylic oxidation sites excluding steroid dienone is 2. The zero-order valence-corrected chi connectivity index (χ0v) is 27.2. The minimum atomic E-state index is 0.906. The standard InChI is InChI=1S/C37H64.C2H6/c1-3-4-6-15-30-18-13-21-32(25-30)33-23-24-34(26-29-16-7-5-8-17-29)36(27-33)37(31-19-10-11-20-31)35-22-12-9-14-28(35)2;1-2/h7,16,28-37H,3-6,8-15,17-27H2,1-2H3;1-2H3. The number of hydrogen-bond donors (Lipinski definition) is 0. The Balaban J connectivity index is 0.00000172. The van der Waals surface area contributed by atoms with E-state index < -0.39 is 0 Å². The first-order valence-corrected chi connectivity index (χ1v) is 18.9. The van der Waals surface area contributed by atoms with Crippen LogP contribution in [-0.2, 0) is 0 Å².